The van der Waals surface area contributed by atoms with Crippen LogP contribution in [0.25, 0.3) is 0 Å². The zero-order valence-corrected chi connectivity index (χ0v) is 15.0. The van der Waals surface area contributed by atoms with Crippen LogP contribution in [0.3, 0.4) is 0 Å². The third-order valence-electron chi connectivity index (χ3n) is 9.62. The zero-order chi connectivity index (χ0) is 15.9. The smallest absolute Gasteiger partial charge is 0.103 e. The number of hydrogen-bond donors (Lipinski definition) is 1. The highest BCUT2D eigenvalue weighted by Crippen LogP contribution is 2.76. The van der Waals surface area contributed by atoms with Gasteiger partial charge in [-0.15, -0.1) is 0 Å². The van der Waals surface area contributed by atoms with Crippen LogP contribution in [0.4, 0.5) is 0 Å². The molecule has 0 amide bonds. The summed E-state index contributed by atoms with van der Waals surface area (Å²) in [4.78, 5) is 0. The molecule has 130 valence electrons. The Kier molecular flexibility index (Phi) is 3.14. The first kappa shape index (κ1) is 15.2. The van der Waals surface area contributed by atoms with Gasteiger partial charge < -0.3 is 9.84 Å². The molecule has 0 radical (unpaired) electrons. The number of hydrogen-bond acceptors (Lipinski definition) is 2. The van der Waals surface area contributed by atoms with E-state index in [0.29, 0.717) is 23.5 Å². The molecular formula is C21H34O2. The lowest BCUT2D eigenvalue weighted by molar-refractivity contribution is -0.101. The predicted octanol–water partition coefficient (Wildman–Crippen LogP) is 4.55. The van der Waals surface area contributed by atoms with Crippen LogP contribution < -0.4 is 0 Å². The highest BCUT2D eigenvalue weighted by atomic mass is 16.6. The standard InChI is InChI=1S/C21H34O2/c1-19-13-18-21(23-18)17(16(19)8-6-14(19)10-12-22)9-7-15-5-3-4-11-20(15,21)2/h14-18,22H,3-13H2,1-2H3/t14-,15?,16+,17+,18?,19-,20+,21+/m1/s1. The van der Waals surface area contributed by atoms with Gasteiger partial charge in [-0.25, -0.2) is 0 Å². The van der Waals surface area contributed by atoms with Gasteiger partial charge >= 0.3 is 0 Å². The van der Waals surface area contributed by atoms with Crippen molar-refractivity contribution in [2.75, 3.05) is 6.61 Å². The lowest BCUT2D eigenvalue weighted by Crippen LogP contribution is -2.59. The monoisotopic (exact) mass is 318 g/mol. The molecule has 0 bridgehead atoms. The molecule has 2 unspecified atom stereocenters. The maximum Gasteiger partial charge on any atom is 0.103 e. The van der Waals surface area contributed by atoms with E-state index in [0.717, 1.165) is 30.1 Å². The van der Waals surface area contributed by atoms with E-state index in [1.807, 2.05) is 0 Å². The molecule has 0 aromatic heterocycles. The summed E-state index contributed by atoms with van der Waals surface area (Å²) in [5.41, 5.74) is 1.17. The van der Waals surface area contributed by atoms with E-state index in [2.05, 4.69) is 13.8 Å². The van der Waals surface area contributed by atoms with Gasteiger partial charge in [0.15, 0.2) is 0 Å². The lowest BCUT2D eigenvalue weighted by Gasteiger charge is -2.58. The first-order valence-corrected chi connectivity index (χ1v) is 10.3. The zero-order valence-electron chi connectivity index (χ0n) is 15.0. The highest BCUT2D eigenvalue weighted by molar-refractivity contribution is 5.27. The van der Waals surface area contributed by atoms with Crippen molar-refractivity contribution in [3.63, 3.8) is 0 Å². The van der Waals surface area contributed by atoms with Crippen molar-refractivity contribution >= 4 is 0 Å². The molecule has 5 fully saturated rings. The summed E-state index contributed by atoms with van der Waals surface area (Å²) in [6.07, 6.45) is 14.2. The van der Waals surface area contributed by atoms with Gasteiger partial charge in [0.25, 0.3) is 0 Å². The maximum absolute atomic E-state index is 9.50. The van der Waals surface area contributed by atoms with Crippen LogP contribution in [0.2, 0.25) is 0 Å². The van der Waals surface area contributed by atoms with Crippen molar-refractivity contribution in [2.45, 2.75) is 89.8 Å². The Balaban J connectivity index is 1.50. The molecule has 1 heterocycles. The van der Waals surface area contributed by atoms with Gasteiger partial charge in [-0.2, -0.15) is 0 Å². The average Bonchev–Trinajstić information content (AvgIpc) is 3.16. The SMILES string of the molecule is C[C@]12CC3O[C@@]34[C@@H](CCC3CCCC[C@@]34C)[C@@H]1CC[C@@H]2CCO. The summed E-state index contributed by atoms with van der Waals surface area (Å²) in [6, 6.07) is 0. The fourth-order valence-electron chi connectivity index (χ4n) is 8.48. The molecule has 8 atom stereocenters. The highest BCUT2D eigenvalue weighted by Gasteiger charge is 2.79. The van der Waals surface area contributed by atoms with E-state index < -0.39 is 0 Å². The van der Waals surface area contributed by atoms with Gasteiger partial charge in [-0.1, -0.05) is 26.7 Å². The first-order valence-electron chi connectivity index (χ1n) is 10.3. The minimum atomic E-state index is 0.259. The molecular weight excluding hydrogens is 284 g/mol. The van der Waals surface area contributed by atoms with Crippen LogP contribution in [0, 0.1) is 34.5 Å². The summed E-state index contributed by atoms with van der Waals surface area (Å²) < 4.78 is 6.71. The second-order valence-corrected chi connectivity index (χ2v) is 10.0. The van der Waals surface area contributed by atoms with Crippen molar-refractivity contribution in [1.82, 2.24) is 0 Å². The van der Waals surface area contributed by atoms with E-state index >= 15 is 0 Å². The molecule has 2 nitrogen and oxygen atoms in total. The predicted molar refractivity (Wildman–Crippen MR) is 91.0 cm³/mol. The normalized spacial score (nSPS) is 60.4. The Morgan fingerprint density at radius 3 is 2.65 bits per heavy atom. The van der Waals surface area contributed by atoms with Crippen LogP contribution in [-0.4, -0.2) is 23.4 Å². The summed E-state index contributed by atoms with van der Waals surface area (Å²) in [5.74, 6) is 3.33. The Morgan fingerprint density at radius 2 is 1.83 bits per heavy atom. The molecule has 2 heteroatoms. The van der Waals surface area contributed by atoms with Crippen molar-refractivity contribution in [1.29, 1.82) is 0 Å². The topological polar surface area (TPSA) is 32.8 Å². The Bertz CT molecular complexity index is 504. The van der Waals surface area contributed by atoms with Gasteiger partial charge in [0.05, 0.1) is 6.10 Å². The summed E-state index contributed by atoms with van der Waals surface area (Å²) >= 11 is 0. The molecule has 4 saturated carbocycles. The second kappa shape index (κ2) is 4.75. The van der Waals surface area contributed by atoms with Crippen molar-refractivity contribution in [2.24, 2.45) is 34.5 Å². The molecule has 1 N–H and O–H groups in total. The van der Waals surface area contributed by atoms with Crippen molar-refractivity contribution in [3.05, 3.63) is 0 Å². The average molecular weight is 319 g/mol. The van der Waals surface area contributed by atoms with E-state index in [4.69, 9.17) is 4.74 Å². The van der Waals surface area contributed by atoms with Crippen molar-refractivity contribution in [3.8, 4) is 0 Å². The number of aliphatic hydroxyl groups is 1. The van der Waals surface area contributed by atoms with Gasteiger partial charge in [0, 0.05) is 12.0 Å². The minimum absolute atomic E-state index is 0.259. The van der Waals surface area contributed by atoms with E-state index in [-0.39, 0.29) is 5.60 Å². The molecule has 5 aliphatic rings. The fraction of sp³-hybridized carbons (Fsp3) is 1.00. The van der Waals surface area contributed by atoms with Gasteiger partial charge in [-0.05, 0) is 80.5 Å². The molecule has 1 spiro atoms. The minimum Gasteiger partial charge on any atom is -0.396 e. The van der Waals surface area contributed by atoms with Gasteiger partial charge in [0.2, 0.25) is 0 Å². The van der Waals surface area contributed by atoms with Crippen LogP contribution in [0.15, 0.2) is 0 Å². The van der Waals surface area contributed by atoms with Gasteiger partial charge in [0.1, 0.15) is 5.60 Å². The van der Waals surface area contributed by atoms with Gasteiger partial charge in [-0.3, -0.25) is 0 Å². The third kappa shape index (κ3) is 1.68. The largest absolute Gasteiger partial charge is 0.396 e. The van der Waals surface area contributed by atoms with E-state index in [1.165, 1.54) is 57.8 Å². The van der Waals surface area contributed by atoms with Crippen LogP contribution in [0.5, 0.6) is 0 Å². The number of ether oxygens (including phenoxy) is 1. The molecule has 0 aromatic carbocycles. The van der Waals surface area contributed by atoms with E-state index in [9.17, 15) is 5.11 Å². The molecule has 1 saturated heterocycles. The first-order chi connectivity index (χ1) is 11.1. The second-order valence-electron chi connectivity index (χ2n) is 10.0. The number of fused-ring (bicyclic) bond motifs is 3. The molecule has 0 aromatic rings. The Morgan fingerprint density at radius 1 is 1.00 bits per heavy atom. The summed E-state index contributed by atoms with van der Waals surface area (Å²) in [5, 5.41) is 9.50. The molecule has 1 aliphatic heterocycles. The number of epoxide rings is 1. The number of aliphatic hydroxyl groups excluding tert-OH is 1. The summed E-state index contributed by atoms with van der Waals surface area (Å²) in [7, 11) is 0. The third-order valence-corrected chi connectivity index (χ3v) is 9.62. The fourth-order valence-corrected chi connectivity index (χ4v) is 8.48. The van der Waals surface area contributed by atoms with Crippen LogP contribution in [0.1, 0.15) is 78.1 Å². The lowest BCUT2D eigenvalue weighted by atomic mass is 9.44. The van der Waals surface area contributed by atoms with Crippen LogP contribution >= 0.6 is 0 Å². The quantitative estimate of drug-likeness (QED) is 0.758. The number of rotatable bonds is 2. The molecule has 23 heavy (non-hydrogen) atoms. The molecule has 4 aliphatic carbocycles. The Hall–Kier alpha value is -0.0800. The van der Waals surface area contributed by atoms with E-state index in [1.54, 1.807) is 0 Å². The van der Waals surface area contributed by atoms with Crippen molar-refractivity contribution < 1.29 is 9.84 Å². The summed E-state index contributed by atoms with van der Waals surface area (Å²) in [6.45, 7) is 5.52. The van der Waals surface area contributed by atoms with Crippen LogP contribution in [-0.2, 0) is 4.74 Å². The Labute approximate surface area is 141 Å². The maximum atomic E-state index is 9.50. The molecule has 5 rings (SSSR count).